The number of rotatable bonds is 11. The minimum atomic E-state index is 0. The lowest BCUT2D eigenvalue weighted by Crippen LogP contribution is -1.79. The molecule has 0 N–H and O–H groups in total. The molecule has 0 unspecified atom stereocenters. The standard InChI is InChI=1S/C11H24.C6H14.13CH4/c1-3-5-7-9-11-10-8-6-4-2;1-3-5-6-4-2;;;;;;;;;;;;;/h3-11H2,1-2H3;3-6H2,1-2H3;13*1H4. The minimum Gasteiger partial charge on any atom is -0.0776 e. The normalized spacial score (nSPS) is 5.60. The second kappa shape index (κ2) is 135. The maximum atomic E-state index is 2.27. The average molecular weight is 451 g/mol. The molecule has 0 atom stereocenters. The fourth-order valence-corrected chi connectivity index (χ4v) is 1.88. The SMILES string of the molecule is C.C.C.C.C.C.C.C.C.C.C.C.C.CCCCCC.CCCCCCCCCCC. The molecule has 0 amide bonds. The molecule has 0 bridgehead atoms. The van der Waals surface area contributed by atoms with Gasteiger partial charge in [-0.15, -0.1) is 0 Å². The van der Waals surface area contributed by atoms with Crippen LogP contribution in [0.15, 0.2) is 0 Å². The highest BCUT2D eigenvalue weighted by Crippen LogP contribution is 2.08. The summed E-state index contributed by atoms with van der Waals surface area (Å²) in [7, 11) is 0. The topological polar surface area (TPSA) is 0 Å². The van der Waals surface area contributed by atoms with Gasteiger partial charge in [-0.1, -0.05) is 208 Å². The van der Waals surface area contributed by atoms with E-state index in [4.69, 9.17) is 0 Å². The molecule has 0 aromatic rings. The third kappa shape index (κ3) is 169. The Kier molecular flexibility index (Phi) is 503. The van der Waals surface area contributed by atoms with Crippen molar-refractivity contribution in [1.29, 1.82) is 0 Å². The fourth-order valence-electron chi connectivity index (χ4n) is 1.88. The zero-order chi connectivity index (χ0) is 13.2. The van der Waals surface area contributed by atoms with Crippen molar-refractivity contribution in [2.45, 2.75) is 208 Å². The van der Waals surface area contributed by atoms with Gasteiger partial charge in [0.15, 0.2) is 0 Å². The Morgan fingerprint density at radius 2 is 0.300 bits per heavy atom. The summed E-state index contributed by atoms with van der Waals surface area (Å²) in [6.07, 6.45) is 18.5. The van der Waals surface area contributed by atoms with Crippen LogP contribution in [0.4, 0.5) is 0 Å². The minimum absolute atomic E-state index is 0. The van der Waals surface area contributed by atoms with Gasteiger partial charge in [-0.25, -0.2) is 0 Å². The van der Waals surface area contributed by atoms with Crippen molar-refractivity contribution in [3.63, 3.8) is 0 Å². The third-order valence-corrected chi connectivity index (χ3v) is 3.16. The van der Waals surface area contributed by atoms with Gasteiger partial charge >= 0.3 is 0 Å². The molecule has 30 heavy (non-hydrogen) atoms. The van der Waals surface area contributed by atoms with Crippen LogP contribution in [0.3, 0.4) is 0 Å². The van der Waals surface area contributed by atoms with Crippen molar-refractivity contribution in [1.82, 2.24) is 0 Å². The van der Waals surface area contributed by atoms with Crippen molar-refractivity contribution in [2.24, 2.45) is 0 Å². The van der Waals surface area contributed by atoms with E-state index in [1.807, 2.05) is 0 Å². The molecule has 0 nitrogen and oxygen atoms in total. The Labute approximate surface area is 207 Å². The highest BCUT2D eigenvalue weighted by atomic mass is 14.0. The predicted octanol–water partition coefficient (Wildman–Crippen LogP) is 15.4. The summed E-state index contributed by atoms with van der Waals surface area (Å²) in [5.74, 6) is 0. The first-order valence-corrected chi connectivity index (χ1v) is 8.33. The van der Waals surface area contributed by atoms with Crippen LogP contribution in [0.1, 0.15) is 208 Å². The molecule has 0 aromatic carbocycles. The lowest BCUT2D eigenvalue weighted by molar-refractivity contribution is 0.572. The Hall–Kier alpha value is 0. The van der Waals surface area contributed by atoms with E-state index in [1.54, 1.807) is 0 Å². The van der Waals surface area contributed by atoms with E-state index in [-0.39, 0.29) is 96.5 Å². The van der Waals surface area contributed by atoms with Gasteiger partial charge in [0.05, 0.1) is 0 Å². The Bertz CT molecular complexity index is 84.2. The summed E-state index contributed by atoms with van der Waals surface area (Å²) in [4.78, 5) is 0. The van der Waals surface area contributed by atoms with Crippen molar-refractivity contribution < 1.29 is 0 Å². The molecule has 0 aromatic heterocycles. The molecule has 0 radical (unpaired) electrons. The van der Waals surface area contributed by atoms with Gasteiger partial charge in [0, 0.05) is 0 Å². The number of hydrogen-bond acceptors (Lipinski definition) is 0. The number of unbranched alkanes of at least 4 members (excludes halogenated alkanes) is 11. The maximum absolute atomic E-state index is 2.27. The van der Waals surface area contributed by atoms with E-state index in [1.165, 1.54) is 83.5 Å². The van der Waals surface area contributed by atoms with E-state index >= 15 is 0 Å². The van der Waals surface area contributed by atoms with E-state index in [2.05, 4.69) is 27.7 Å². The second-order valence-corrected chi connectivity index (χ2v) is 5.18. The average Bonchev–Trinajstić information content (AvgIpc) is 2.36. The molecule has 0 aliphatic carbocycles. The van der Waals surface area contributed by atoms with Crippen LogP contribution in [0.25, 0.3) is 0 Å². The fraction of sp³-hybridized carbons (Fsp3) is 1.00. The molecular weight excluding hydrogens is 360 g/mol. The van der Waals surface area contributed by atoms with Crippen LogP contribution >= 0.6 is 0 Å². The first kappa shape index (κ1) is 112. The summed E-state index contributed by atoms with van der Waals surface area (Å²) in [6.45, 7) is 9.01. The van der Waals surface area contributed by atoms with Gasteiger partial charge in [0.25, 0.3) is 0 Å². The Morgan fingerprint density at radius 1 is 0.200 bits per heavy atom. The smallest absolute Gasteiger partial charge is 0.0533 e. The van der Waals surface area contributed by atoms with Crippen LogP contribution in [-0.2, 0) is 0 Å². The third-order valence-electron chi connectivity index (χ3n) is 3.16. The largest absolute Gasteiger partial charge is 0.0776 e. The van der Waals surface area contributed by atoms with Gasteiger partial charge in [0.1, 0.15) is 0 Å². The zero-order valence-electron chi connectivity index (χ0n) is 13.2. The summed E-state index contributed by atoms with van der Waals surface area (Å²) >= 11 is 0. The van der Waals surface area contributed by atoms with Crippen LogP contribution < -0.4 is 0 Å². The van der Waals surface area contributed by atoms with E-state index in [0.717, 1.165) is 0 Å². The van der Waals surface area contributed by atoms with Crippen molar-refractivity contribution in [3.8, 4) is 0 Å². The predicted molar refractivity (Wildman–Crippen MR) is 170 cm³/mol. The maximum Gasteiger partial charge on any atom is -0.0533 e. The van der Waals surface area contributed by atoms with Crippen molar-refractivity contribution in [2.75, 3.05) is 0 Å². The van der Waals surface area contributed by atoms with E-state index in [0.29, 0.717) is 0 Å². The molecule has 0 saturated carbocycles. The van der Waals surface area contributed by atoms with Gasteiger partial charge in [-0.3, -0.25) is 0 Å². The van der Waals surface area contributed by atoms with Gasteiger partial charge in [-0.2, -0.15) is 0 Å². The van der Waals surface area contributed by atoms with Crippen molar-refractivity contribution >= 4 is 0 Å². The highest BCUT2D eigenvalue weighted by Gasteiger charge is 1.89. The van der Waals surface area contributed by atoms with Crippen LogP contribution in [0.5, 0.6) is 0 Å². The molecule has 0 aliphatic rings. The molecular formula is C30H90. The van der Waals surface area contributed by atoms with Gasteiger partial charge in [-0.05, 0) is 0 Å². The summed E-state index contributed by atoms with van der Waals surface area (Å²) in [5.41, 5.74) is 0. The Morgan fingerprint density at radius 3 is 0.433 bits per heavy atom. The molecule has 0 aliphatic heterocycles. The molecule has 210 valence electrons. The molecule has 0 heterocycles. The second-order valence-electron chi connectivity index (χ2n) is 5.18. The van der Waals surface area contributed by atoms with Crippen LogP contribution in [0, 0.1) is 0 Å². The number of hydrogen-bond donors (Lipinski definition) is 0. The lowest BCUT2D eigenvalue weighted by Gasteiger charge is -1.98. The Balaban J connectivity index is -0.00000000848. The molecule has 0 rings (SSSR count). The van der Waals surface area contributed by atoms with Gasteiger partial charge in [0.2, 0.25) is 0 Å². The molecule has 0 heteroatoms. The summed E-state index contributed by atoms with van der Waals surface area (Å²) in [6, 6.07) is 0. The summed E-state index contributed by atoms with van der Waals surface area (Å²) in [5, 5.41) is 0. The monoisotopic (exact) mass is 451 g/mol. The van der Waals surface area contributed by atoms with Gasteiger partial charge < -0.3 is 0 Å². The van der Waals surface area contributed by atoms with E-state index < -0.39 is 0 Å². The van der Waals surface area contributed by atoms with Crippen LogP contribution in [-0.4, -0.2) is 0 Å². The quantitative estimate of drug-likeness (QED) is 0.274. The first-order chi connectivity index (χ1) is 8.33. The zero-order valence-corrected chi connectivity index (χ0v) is 13.2. The highest BCUT2D eigenvalue weighted by molar-refractivity contribution is 4.44. The lowest BCUT2D eigenvalue weighted by atomic mass is 10.1. The van der Waals surface area contributed by atoms with Crippen LogP contribution in [0.2, 0.25) is 0 Å². The van der Waals surface area contributed by atoms with E-state index in [9.17, 15) is 0 Å². The van der Waals surface area contributed by atoms with Crippen molar-refractivity contribution in [3.05, 3.63) is 0 Å². The summed E-state index contributed by atoms with van der Waals surface area (Å²) < 4.78 is 0. The molecule has 0 fully saturated rings. The first-order valence-electron chi connectivity index (χ1n) is 8.33. The molecule has 0 spiro atoms. The molecule has 0 saturated heterocycles.